The summed E-state index contributed by atoms with van der Waals surface area (Å²) in [6, 6.07) is 0.174. The van der Waals surface area contributed by atoms with E-state index in [1.807, 2.05) is 0 Å². The second-order valence-electron chi connectivity index (χ2n) is 3.38. The summed E-state index contributed by atoms with van der Waals surface area (Å²) in [5, 5.41) is 2.77. The van der Waals surface area contributed by atoms with E-state index in [2.05, 4.69) is 25.0 Å². The van der Waals surface area contributed by atoms with E-state index in [1.54, 1.807) is 6.92 Å². The predicted octanol–water partition coefficient (Wildman–Crippen LogP) is -0.760. The Morgan fingerprint density at radius 1 is 1.11 bits per heavy atom. The molecule has 1 aromatic rings. The van der Waals surface area contributed by atoms with Crippen LogP contribution < -0.4 is 19.5 Å². The summed E-state index contributed by atoms with van der Waals surface area (Å²) < 4.78 is 35.0. The van der Waals surface area contributed by atoms with Gasteiger partial charge in [-0.3, -0.25) is 0 Å². The van der Waals surface area contributed by atoms with E-state index < -0.39 is 10.0 Å². The molecule has 9 nitrogen and oxygen atoms in total. The van der Waals surface area contributed by atoms with E-state index in [0.29, 0.717) is 6.54 Å². The molecule has 0 atom stereocenters. The number of hydrogen-bond acceptors (Lipinski definition) is 8. The van der Waals surface area contributed by atoms with Crippen molar-refractivity contribution in [2.75, 3.05) is 38.4 Å². The molecule has 1 rings (SSSR count). The van der Waals surface area contributed by atoms with Crippen LogP contribution in [0.25, 0.3) is 0 Å². The van der Waals surface area contributed by atoms with Gasteiger partial charge in [-0.1, -0.05) is 6.92 Å². The minimum atomic E-state index is -3.28. The highest BCUT2D eigenvalue weighted by molar-refractivity contribution is 7.89. The van der Waals surface area contributed by atoms with Gasteiger partial charge in [0.2, 0.25) is 16.0 Å². The molecule has 108 valence electrons. The summed E-state index contributed by atoms with van der Waals surface area (Å²) in [7, 11) is -0.458. The standard InChI is InChI=1S/C9H17N5O4S/c1-4-11-19(15,16)6-5-10-7-12-8(17-2)14-9(13-7)18-3/h11H,4-6H2,1-3H3,(H,10,12,13,14). The lowest BCUT2D eigenvalue weighted by atomic mass is 10.7. The van der Waals surface area contributed by atoms with Crippen LogP contribution in [0.15, 0.2) is 0 Å². The molecule has 0 saturated carbocycles. The van der Waals surface area contributed by atoms with Crippen molar-refractivity contribution in [1.82, 2.24) is 19.7 Å². The molecule has 0 radical (unpaired) electrons. The number of rotatable bonds is 8. The van der Waals surface area contributed by atoms with Crippen LogP contribution in [0.5, 0.6) is 12.0 Å². The molecule has 1 heterocycles. The van der Waals surface area contributed by atoms with Crippen LogP contribution >= 0.6 is 0 Å². The SMILES string of the molecule is CCNS(=O)(=O)CCNc1nc(OC)nc(OC)n1. The van der Waals surface area contributed by atoms with E-state index in [4.69, 9.17) is 9.47 Å². The molecular formula is C9H17N5O4S. The Morgan fingerprint density at radius 2 is 1.68 bits per heavy atom. The monoisotopic (exact) mass is 291 g/mol. The van der Waals surface area contributed by atoms with Crippen molar-refractivity contribution in [2.45, 2.75) is 6.92 Å². The zero-order chi connectivity index (χ0) is 14.3. The normalized spacial score (nSPS) is 11.1. The van der Waals surface area contributed by atoms with Crippen LogP contribution in [0.2, 0.25) is 0 Å². The largest absolute Gasteiger partial charge is 0.467 e. The summed E-state index contributed by atoms with van der Waals surface area (Å²) in [5.41, 5.74) is 0. The third kappa shape index (κ3) is 5.22. The Bertz CT molecular complexity index is 485. The summed E-state index contributed by atoms with van der Waals surface area (Å²) >= 11 is 0. The second-order valence-corrected chi connectivity index (χ2v) is 5.30. The lowest BCUT2D eigenvalue weighted by Crippen LogP contribution is -2.29. The zero-order valence-corrected chi connectivity index (χ0v) is 11.8. The van der Waals surface area contributed by atoms with Gasteiger partial charge in [0, 0.05) is 13.1 Å². The van der Waals surface area contributed by atoms with E-state index in [-0.39, 0.29) is 30.3 Å². The molecule has 0 amide bonds. The van der Waals surface area contributed by atoms with Gasteiger partial charge in [0.15, 0.2) is 0 Å². The van der Waals surface area contributed by atoms with Crippen molar-refractivity contribution in [3.05, 3.63) is 0 Å². The van der Waals surface area contributed by atoms with Crippen LogP contribution in [-0.2, 0) is 10.0 Å². The molecule has 0 aliphatic heterocycles. The van der Waals surface area contributed by atoms with E-state index in [0.717, 1.165) is 0 Å². The number of methoxy groups -OCH3 is 2. The minimum absolute atomic E-state index is 0.0862. The Balaban J connectivity index is 2.62. The molecule has 0 aromatic carbocycles. The van der Waals surface area contributed by atoms with Crippen LogP contribution in [0.4, 0.5) is 5.95 Å². The van der Waals surface area contributed by atoms with Gasteiger partial charge in [0.1, 0.15) is 0 Å². The molecule has 1 aromatic heterocycles. The number of sulfonamides is 1. The number of aromatic nitrogens is 3. The maximum absolute atomic E-state index is 11.4. The third-order valence-electron chi connectivity index (χ3n) is 1.98. The van der Waals surface area contributed by atoms with Crippen LogP contribution in [-0.4, -0.2) is 56.4 Å². The Morgan fingerprint density at radius 3 is 2.16 bits per heavy atom. The molecular weight excluding hydrogens is 274 g/mol. The van der Waals surface area contributed by atoms with E-state index >= 15 is 0 Å². The highest BCUT2D eigenvalue weighted by Crippen LogP contribution is 2.11. The van der Waals surface area contributed by atoms with Gasteiger partial charge < -0.3 is 14.8 Å². The van der Waals surface area contributed by atoms with E-state index in [9.17, 15) is 8.42 Å². The molecule has 0 bridgehead atoms. The molecule has 0 aliphatic rings. The van der Waals surface area contributed by atoms with Gasteiger partial charge in [0.25, 0.3) is 0 Å². The van der Waals surface area contributed by atoms with E-state index in [1.165, 1.54) is 14.2 Å². The number of nitrogens with zero attached hydrogens (tertiary/aromatic N) is 3. The predicted molar refractivity (Wildman–Crippen MR) is 68.9 cm³/mol. The summed E-state index contributed by atoms with van der Waals surface area (Å²) in [5.74, 6) is 0.104. The molecule has 10 heteroatoms. The van der Waals surface area contributed by atoms with Crippen molar-refractivity contribution in [1.29, 1.82) is 0 Å². The fourth-order valence-electron chi connectivity index (χ4n) is 1.19. The first kappa shape index (κ1) is 15.4. The Labute approximate surface area is 111 Å². The smallest absolute Gasteiger partial charge is 0.324 e. The summed E-state index contributed by atoms with van der Waals surface area (Å²) in [4.78, 5) is 11.6. The minimum Gasteiger partial charge on any atom is -0.467 e. The first-order chi connectivity index (χ1) is 9.00. The first-order valence-corrected chi connectivity index (χ1v) is 7.21. The molecule has 0 saturated heterocycles. The lowest BCUT2D eigenvalue weighted by Gasteiger charge is -2.08. The third-order valence-corrected chi connectivity index (χ3v) is 3.45. The van der Waals surface area contributed by atoms with Gasteiger partial charge in [0.05, 0.1) is 20.0 Å². The molecule has 0 unspecified atom stereocenters. The highest BCUT2D eigenvalue weighted by atomic mass is 32.2. The van der Waals surface area contributed by atoms with Gasteiger partial charge >= 0.3 is 12.0 Å². The van der Waals surface area contributed by atoms with Crippen molar-refractivity contribution in [3.8, 4) is 12.0 Å². The molecule has 0 spiro atoms. The van der Waals surface area contributed by atoms with Crippen molar-refractivity contribution < 1.29 is 17.9 Å². The molecule has 0 aliphatic carbocycles. The maximum Gasteiger partial charge on any atom is 0.324 e. The molecule has 19 heavy (non-hydrogen) atoms. The fourth-order valence-corrected chi connectivity index (χ4v) is 2.14. The molecule has 2 N–H and O–H groups in total. The highest BCUT2D eigenvalue weighted by Gasteiger charge is 2.10. The van der Waals surface area contributed by atoms with Crippen molar-refractivity contribution in [2.24, 2.45) is 0 Å². The van der Waals surface area contributed by atoms with Gasteiger partial charge in [-0.2, -0.15) is 9.97 Å². The topological polar surface area (TPSA) is 115 Å². The van der Waals surface area contributed by atoms with Crippen LogP contribution in [0, 0.1) is 0 Å². The van der Waals surface area contributed by atoms with Gasteiger partial charge in [-0.05, 0) is 0 Å². The van der Waals surface area contributed by atoms with Gasteiger partial charge in [-0.25, -0.2) is 13.1 Å². The maximum atomic E-state index is 11.4. The fraction of sp³-hybridized carbons (Fsp3) is 0.667. The second kappa shape index (κ2) is 7.04. The zero-order valence-electron chi connectivity index (χ0n) is 11.0. The number of ether oxygens (including phenoxy) is 2. The summed E-state index contributed by atoms with van der Waals surface area (Å²) in [6.07, 6.45) is 0. The number of nitrogens with one attached hydrogen (secondary N) is 2. The van der Waals surface area contributed by atoms with Crippen molar-refractivity contribution in [3.63, 3.8) is 0 Å². The lowest BCUT2D eigenvalue weighted by molar-refractivity contribution is 0.341. The van der Waals surface area contributed by atoms with Gasteiger partial charge in [-0.15, -0.1) is 4.98 Å². The van der Waals surface area contributed by atoms with Crippen LogP contribution in [0.3, 0.4) is 0 Å². The Kier molecular flexibility index (Phi) is 5.70. The Hall–Kier alpha value is -1.68. The first-order valence-electron chi connectivity index (χ1n) is 5.56. The summed E-state index contributed by atoms with van der Waals surface area (Å²) in [6.45, 7) is 2.23. The van der Waals surface area contributed by atoms with Crippen LogP contribution in [0.1, 0.15) is 6.92 Å². The van der Waals surface area contributed by atoms with Crippen molar-refractivity contribution >= 4 is 16.0 Å². The number of anilines is 1. The average Bonchev–Trinajstić information content (AvgIpc) is 2.37. The average molecular weight is 291 g/mol. The quantitative estimate of drug-likeness (QED) is 0.642. The molecule has 0 fully saturated rings. The number of hydrogen-bond donors (Lipinski definition) is 2.